The van der Waals surface area contributed by atoms with Crippen LogP contribution in [0.1, 0.15) is 38.5 Å². The van der Waals surface area contributed by atoms with E-state index in [-0.39, 0.29) is 16.8 Å². The van der Waals surface area contributed by atoms with E-state index in [2.05, 4.69) is 4.99 Å². The van der Waals surface area contributed by atoms with E-state index >= 15 is 0 Å². The Balaban J connectivity index is 2.18. The third-order valence-corrected chi connectivity index (χ3v) is 5.07. The third kappa shape index (κ3) is 1.56. The van der Waals surface area contributed by atoms with E-state index in [0.717, 1.165) is 43.7 Å². The molecule has 0 amide bonds. The van der Waals surface area contributed by atoms with Crippen LogP contribution in [0.5, 0.6) is 0 Å². The Kier molecular flexibility index (Phi) is 2.99. The predicted octanol–water partition coefficient (Wildman–Crippen LogP) is 2.77. The van der Waals surface area contributed by atoms with Gasteiger partial charge in [0.1, 0.15) is 5.17 Å². The number of carbonyl (C=O) groups is 1. The molecule has 0 heterocycles. The van der Waals surface area contributed by atoms with Gasteiger partial charge in [0.2, 0.25) is 0 Å². The maximum atomic E-state index is 11.8. The molecule has 0 aromatic carbocycles. The molecule has 0 unspecified atom stereocenters. The highest BCUT2D eigenvalue weighted by Crippen LogP contribution is 2.58. The van der Waals surface area contributed by atoms with Gasteiger partial charge in [0.25, 0.3) is 0 Å². The van der Waals surface area contributed by atoms with Crippen molar-refractivity contribution >= 4 is 22.7 Å². The zero-order chi connectivity index (χ0) is 11.8. The first-order chi connectivity index (χ1) is 7.58. The number of hydrogen-bond acceptors (Lipinski definition) is 3. The highest BCUT2D eigenvalue weighted by Gasteiger charge is 2.54. The van der Waals surface area contributed by atoms with E-state index in [4.69, 9.17) is 16.3 Å². The lowest BCUT2D eigenvalue weighted by atomic mass is 9.54. The molecule has 16 heavy (non-hydrogen) atoms. The van der Waals surface area contributed by atoms with Gasteiger partial charge in [-0.3, -0.25) is 9.79 Å². The minimum absolute atomic E-state index is 0.0367. The predicted molar refractivity (Wildman–Crippen MR) is 63.8 cm³/mol. The highest BCUT2D eigenvalue weighted by atomic mass is 35.5. The lowest BCUT2D eigenvalue weighted by molar-refractivity contribution is -0.160. The number of esters is 1. The number of ether oxygens (including phenoxy) is 1. The Morgan fingerprint density at radius 3 is 1.94 bits per heavy atom. The van der Waals surface area contributed by atoms with Crippen molar-refractivity contribution in [1.29, 1.82) is 0 Å². The monoisotopic (exact) mass is 243 g/mol. The average Bonchev–Trinajstić information content (AvgIpc) is 2.38. The molecule has 0 N–H and O–H groups in total. The van der Waals surface area contributed by atoms with Crippen molar-refractivity contribution in [1.82, 2.24) is 0 Å². The van der Waals surface area contributed by atoms with Crippen molar-refractivity contribution in [2.24, 2.45) is 15.8 Å². The van der Waals surface area contributed by atoms with E-state index in [1.54, 1.807) is 7.05 Å². The first kappa shape index (κ1) is 11.9. The van der Waals surface area contributed by atoms with Gasteiger partial charge >= 0.3 is 5.97 Å². The summed E-state index contributed by atoms with van der Waals surface area (Å²) in [7, 11) is 3.22. The molecule has 4 heteroatoms. The van der Waals surface area contributed by atoms with Crippen LogP contribution in [0, 0.1) is 10.8 Å². The van der Waals surface area contributed by atoms with Gasteiger partial charge in [0.15, 0.2) is 0 Å². The third-order valence-electron chi connectivity index (χ3n) is 4.50. The maximum Gasteiger partial charge on any atom is 0.311 e. The SMILES string of the molecule is CN=C(Cl)C12CCC(C(=O)OC)(CC1)CC2. The minimum atomic E-state index is -0.221. The van der Waals surface area contributed by atoms with Gasteiger partial charge in [-0.25, -0.2) is 0 Å². The van der Waals surface area contributed by atoms with Crippen LogP contribution in [-0.2, 0) is 9.53 Å². The van der Waals surface area contributed by atoms with Crippen LogP contribution in [0.15, 0.2) is 4.99 Å². The number of nitrogens with zero attached hydrogens (tertiary/aromatic N) is 1. The first-order valence-electron chi connectivity index (χ1n) is 5.80. The van der Waals surface area contributed by atoms with Gasteiger partial charge in [-0.2, -0.15) is 0 Å². The van der Waals surface area contributed by atoms with Crippen LogP contribution in [0.4, 0.5) is 0 Å². The molecule has 0 atom stereocenters. The second-order valence-electron chi connectivity index (χ2n) is 5.07. The van der Waals surface area contributed by atoms with Crippen molar-refractivity contribution in [3.05, 3.63) is 0 Å². The molecule has 3 nitrogen and oxygen atoms in total. The van der Waals surface area contributed by atoms with Crippen LogP contribution in [0.25, 0.3) is 0 Å². The number of halogens is 1. The van der Waals surface area contributed by atoms with E-state index in [1.165, 1.54) is 7.11 Å². The number of fused-ring (bicyclic) bond motifs is 3. The fourth-order valence-electron chi connectivity index (χ4n) is 3.25. The quantitative estimate of drug-likeness (QED) is 0.553. The zero-order valence-corrected chi connectivity index (χ0v) is 10.6. The standard InChI is InChI=1S/C12H18ClNO2/c1-14-9(13)11-3-6-12(7-4-11,8-5-11)10(15)16-2/h3-8H2,1-2H3. The second-order valence-corrected chi connectivity index (χ2v) is 5.42. The van der Waals surface area contributed by atoms with E-state index in [1.807, 2.05) is 0 Å². The molecule has 0 aliphatic heterocycles. The fourth-order valence-corrected chi connectivity index (χ4v) is 3.54. The molecule has 3 rings (SSSR count). The summed E-state index contributed by atoms with van der Waals surface area (Å²) in [4.78, 5) is 15.9. The maximum absolute atomic E-state index is 11.8. The van der Waals surface area contributed by atoms with Gasteiger partial charge < -0.3 is 4.74 Å². The van der Waals surface area contributed by atoms with Gasteiger partial charge in [-0.1, -0.05) is 11.6 Å². The molecule has 3 fully saturated rings. The second kappa shape index (κ2) is 4.02. The Morgan fingerprint density at radius 1 is 1.12 bits per heavy atom. The number of hydrogen-bond donors (Lipinski definition) is 0. The lowest BCUT2D eigenvalue weighted by Gasteiger charge is -2.51. The topological polar surface area (TPSA) is 38.7 Å². The Bertz CT molecular complexity index is 313. The van der Waals surface area contributed by atoms with Gasteiger partial charge in [0, 0.05) is 12.5 Å². The minimum Gasteiger partial charge on any atom is -0.469 e. The summed E-state index contributed by atoms with van der Waals surface area (Å²) in [6, 6.07) is 0. The van der Waals surface area contributed by atoms with Crippen molar-refractivity contribution in [3.63, 3.8) is 0 Å². The summed E-state index contributed by atoms with van der Waals surface area (Å²) in [6.07, 6.45) is 5.59. The molecule has 3 aliphatic carbocycles. The molecule has 0 aromatic rings. The van der Waals surface area contributed by atoms with Gasteiger partial charge in [-0.05, 0) is 38.5 Å². The normalized spacial score (nSPS) is 38.6. The average molecular weight is 244 g/mol. The Hall–Kier alpha value is -0.570. The van der Waals surface area contributed by atoms with Crippen LogP contribution < -0.4 is 0 Å². The lowest BCUT2D eigenvalue weighted by Crippen LogP contribution is -2.48. The first-order valence-corrected chi connectivity index (χ1v) is 6.18. The molecule has 3 saturated carbocycles. The summed E-state index contributed by atoms with van der Waals surface area (Å²) in [5.41, 5.74) is -0.159. The van der Waals surface area contributed by atoms with Crippen LogP contribution >= 0.6 is 11.6 Å². The molecule has 2 bridgehead atoms. The number of methoxy groups -OCH3 is 1. The molecule has 90 valence electrons. The Labute approximate surface area is 101 Å². The number of rotatable bonds is 2. The zero-order valence-electron chi connectivity index (χ0n) is 9.88. The summed E-state index contributed by atoms with van der Waals surface area (Å²) < 4.78 is 4.93. The Morgan fingerprint density at radius 2 is 1.56 bits per heavy atom. The van der Waals surface area contributed by atoms with Crippen molar-refractivity contribution in [2.45, 2.75) is 38.5 Å². The largest absolute Gasteiger partial charge is 0.469 e. The molecule has 0 aromatic heterocycles. The van der Waals surface area contributed by atoms with Crippen molar-refractivity contribution in [2.75, 3.05) is 14.2 Å². The summed E-state index contributed by atoms with van der Waals surface area (Å²) in [6.45, 7) is 0. The van der Waals surface area contributed by atoms with E-state index in [0.29, 0.717) is 0 Å². The molecule has 0 saturated heterocycles. The van der Waals surface area contributed by atoms with Gasteiger partial charge in [-0.15, -0.1) is 0 Å². The van der Waals surface area contributed by atoms with Crippen molar-refractivity contribution in [3.8, 4) is 0 Å². The summed E-state index contributed by atoms with van der Waals surface area (Å²) >= 11 is 6.22. The number of carbonyl (C=O) groups excluding carboxylic acids is 1. The fraction of sp³-hybridized carbons (Fsp3) is 0.833. The molecule has 3 aliphatic rings. The van der Waals surface area contributed by atoms with Crippen LogP contribution in [0.3, 0.4) is 0 Å². The van der Waals surface area contributed by atoms with Crippen LogP contribution in [0.2, 0.25) is 0 Å². The molecular weight excluding hydrogens is 226 g/mol. The molecule has 0 spiro atoms. The summed E-state index contributed by atoms with van der Waals surface area (Å²) in [5, 5.41) is 0.741. The molecular formula is C12H18ClNO2. The smallest absolute Gasteiger partial charge is 0.311 e. The number of aliphatic imine (C=N–C) groups is 1. The van der Waals surface area contributed by atoms with Crippen LogP contribution in [-0.4, -0.2) is 25.3 Å². The molecule has 0 radical (unpaired) electrons. The van der Waals surface area contributed by atoms with E-state index in [9.17, 15) is 4.79 Å². The van der Waals surface area contributed by atoms with Crippen molar-refractivity contribution < 1.29 is 9.53 Å². The van der Waals surface area contributed by atoms with Gasteiger partial charge in [0.05, 0.1) is 12.5 Å². The summed E-state index contributed by atoms with van der Waals surface area (Å²) in [5.74, 6) is -0.0367. The van der Waals surface area contributed by atoms with E-state index < -0.39 is 0 Å². The highest BCUT2D eigenvalue weighted by molar-refractivity contribution is 6.66.